The van der Waals surface area contributed by atoms with Gasteiger partial charge in [0.1, 0.15) is 18.1 Å². The number of amides is 4. The summed E-state index contributed by atoms with van der Waals surface area (Å²) in [6.45, 7) is -0.793. The van der Waals surface area contributed by atoms with E-state index in [-0.39, 0.29) is 11.5 Å². The Hall–Kier alpha value is -4.84. The van der Waals surface area contributed by atoms with Crippen LogP contribution in [0.3, 0.4) is 0 Å². The van der Waals surface area contributed by atoms with Crippen LogP contribution in [0.1, 0.15) is 5.56 Å². The minimum absolute atomic E-state index is 0.117. The lowest BCUT2D eigenvalue weighted by Gasteiger charge is -2.13. The molecule has 3 aromatic carbocycles. The lowest BCUT2D eigenvalue weighted by atomic mass is 10.2. The summed E-state index contributed by atoms with van der Waals surface area (Å²) in [7, 11) is 2.93. The fraction of sp³-hybridized carbons (Fsp3) is 0.143. The lowest BCUT2D eigenvalue weighted by Crippen LogP contribution is -2.36. The van der Waals surface area contributed by atoms with E-state index in [9.17, 15) is 23.6 Å². The maximum Gasteiger partial charge on any atom is 0.294 e. The van der Waals surface area contributed by atoms with Gasteiger partial charge in [0.2, 0.25) is 5.91 Å². The van der Waals surface area contributed by atoms with Crippen molar-refractivity contribution in [1.29, 1.82) is 0 Å². The number of halogens is 1. The molecule has 2 N–H and O–H groups in total. The molecule has 0 spiro atoms. The molecule has 1 aliphatic heterocycles. The number of ether oxygens (including phenoxy) is 3. The Morgan fingerprint density at radius 2 is 1.62 bits per heavy atom. The quantitative estimate of drug-likeness (QED) is 0.344. The van der Waals surface area contributed by atoms with Gasteiger partial charge in [0.25, 0.3) is 17.1 Å². The van der Waals surface area contributed by atoms with Crippen LogP contribution < -0.4 is 24.8 Å². The highest BCUT2D eigenvalue weighted by atomic mass is 32.2. The molecular formula is C28H24FN3O7S. The molecule has 0 aliphatic carbocycles. The van der Waals surface area contributed by atoms with Crippen LogP contribution in [0.2, 0.25) is 0 Å². The molecule has 0 bridgehead atoms. The minimum atomic E-state index is -0.628. The predicted octanol–water partition coefficient (Wildman–Crippen LogP) is 4.54. The first-order valence-corrected chi connectivity index (χ1v) is 12.6. The number of anilines is 2. The van der Waals surface area contributed by atoms with Crippen LogP contribution in [0.4, 0.5) is 20.6 Å². The number of nitrogens with zero attached hydrogens (tertiary/aromatic N) is 1. The molecule has 0 unspecified atom stereocenters. The molecular weight excluding hydrogens is 541 g/mol. The number of rotatable bonds is 10. The van der Waals surface area contributed by atoms with E-state index in [4.69, 9.17) is 14.2 Å². The maximum absolute atomic E-state index is 13.1. The third-order valence-corrected chi connectivity index (χ3v) is 6.44. The largest absolute Gasteiger partial charge is 0.495 e. The summed E-state index contributed by atoms with van der Waals surface area (Å²) in [4.78, 5) is 50.9. The third-order valence-electron chi connectivity index (χ3n) is 5.53. The summed E-state index contributed by atoms with van der Waals surface area (Å²) in [6, 6.07) is 16.8. The number of nitrogens with one attached hydrogen (secondary N) is 2. The first kappa shape index (κ1) is 28.2. The van der Waals surface area contributed by atoms with Gasteiger partial charge in [-0.1, -0.05) is 18.2 Å². The van der Waals surface area contributed by atoms with Crippen molar-refractivity contribution in [3.63, 3.8) is 0 Å². The van der Waals surface area contributed by atoms with Gasteiger partial charge in [-0.3, -0.25) is 24.1 Å². The lowest BCUT2D eigenvalue weighted by molar-refractivity contribution is -0.127. The maximum atomic E-state index is 13.1. The van der Waals surface area contributed by atoms with Crippen LogP contribution in [-0.4, -0.2) is 55.2 Å². The van der Waals surface area contributed by atoms with Crippen LogP contribution in [0.15, 0.2) is 71.6 Å². The van der Waals surface area contributed by atoms with E-state index in [2.05, 4.69) is 10.6 Å². The number of hydrogen-bond acceptors (Lipinski definition) is 8. The number of carbonyl (C=O) groups excluding carboxylic acids is 4. The second-order valence-electron chi connectivity index (χ2n) is 8.27. The number of hydrogen-bond donors (Lipinski definition) is 2. The number of methoxy groups -OCH3 is 2. The Morgan fingerprint density at radius 3 is 2.35 bits per heavy atom. The fourth-order valence-corrected chi connectivity index (χ4v) is 4.47. The van der Waals surface area contributed by atoms with Crippen molar-refractivity contribution in [2.75, 3.05) is 38.0 Å². The first-order valence-electron chi connectivity index (χ1n) is 11.8. The summed E-state index contributed by atoms with van der Waals surface area (Å²) in [6.07, 6.45) is 1.49. The molecule has 1 saturated heterocycles. The molecule has 0 radical (unpaired) electrons. The zero-order valence-electron chi connectivity index (χ0n) is 21.4. The Balaban J connectivity index is 1.38. The van der Waals surface area contributed by atoms with Gasteiger partial charge in [-0.15, -0.1) is 0 Å². The molecule has 4 rings (SSSR count). The molecule has 0 atom stereocenters. The van der Waals surface area contributed by atoms with Crippen LogP contribution in [0.5, 0.6) is 17.2 Å². The molecule has 4 amide bonds. The average Bonchev–Trinajstić information content (AvgIpc) is 3.20. The predicted molar refractivity (Wildman–Crippen MR) is 148 cm³/mol. The Labute approximate surface area is 233 Å². The Bertz CT molecular complexity index is 1480. The number of imide groups is 1. The molecule has 1 fully saturated rings. The third kappa shape index (κ3) is 6.97. The summed E-state index contributed by atoms with van der Waals surface area (Å²) in [5.74, 6) is -0.995. The van der Waals surface area contributed by atoms with Crippen molar-refractivity contribution in [1.82, 2.24) is 4.90 Å². The highest BCUT2D eigenvalue weighted by Gasteiger charge is 2.36. The van der Waals surface area contributed by atoms with Crippen LogP contribution in [0, 0.1) is 5.82 Å². The fourth-order valence-electron chi connectivity index (χ4n) is 3.64. The van der Waals surface area contributed by atoms with Crippen molar-refractivity contribution in [2.24, 2.45) is 0 Å². The number of carbonyl (C=O) groups is 4. The van der Waals surface area contributed by atoms with Crippen molar-refractivity contribution in [3.05, 3.63) is 83.0 Å². The van der Waals surface area contributed by atoms with E-state index in [1.54, 1.807) is 42.5 Å². The zero-order chi connectivity index (χ0) is 28.6. The molecule has 12 heteroatoms. The minimum Gasteiger partial charge on any atom is -0.495 e. The van der Waals surface area contributed by atoms with Crippen molar-refractivity contribution >= 4 is 52.2 Å². The van der Waals surface area contributed by atoms with Crippen LogP contribution in [0.25, 0.3) is 6.08 Å². The van der Waals surface area contributed by atoms with E-state index in [0.717, 1.165) is 4.90 Å². The molecule has 40 heavy (non-hydrogen) atoms. The monoisotopic (exact) mass is 565 g/mol. The van der Waals surface area contributed by atoms with Gasteiger partial charge in [0.05, 0.1) is 24.8 Å². The van der Waals surface area contributed by atoms with E-state index < -0.39 is 35.3 Å². The Morgan fingerprint density at radius 1 is 0.900 bits per heavy atom. The Kier molecular flexibility index (Phi) is 9.02. The summed E-state index contributed by atoms with van der Waals surface area (Å²) < 4.78 is 29.3. The highest BCUT2D eigenvalue weighted by Crippen LogP contribution is 2.34. The SMILES string of the molecule is COc1ccccc1NC(=O)COc1ccc(/C=C2\SC(=O)N(CC(=O)Nc3ccc(F)cc3)C2=O)cc1OC. The molecule has 0 saturated carbocycles. The standard InChI is InChI=1S/C28H24FN3O7S/c1-37-21-6-4-3-5-20(21)31-26(34)16-39-22-12-7-17(13-23(22)38-2)14-24-27(35)32(28(36)40-24)15-25(33)30-19-10-8-18(29)9-11-19/h3-14H,15-16H2,1-2H3,(H,30,33)(H,31,34)/b24-14-. The molecule has 3 aromatic rings. The molecule has 0 aromatic heterocycles. The van der Waals surface area contributed by atoms with Crippen LogP contribution >= 0.6 is 11.8 Å². The van der Waals surface area contributed by atoms with Crippen molar-refractivity contribution < 1.29 is 37.8 Å². The second kappa shape index (κ2) is 12.8. The highest BCUT2D eigenvalue weighted by molar-refractivity contribution is 8.18. The molecule has 10 nitrogen and oxygen atoms in total. The summed E-state index contributed by atoms with van der Waals surface area (Å²) >= 11 is 0.696. The van der Waals surface area contributed by atoms with Gasteiger partial charge >= 0.3 is 0 Å². The van der Waals surface area contributed by atoms with Gasteiger partial charge in [0.15, 0.2) is 18.1 Å². The molecule has 1 heterocycles. The zero-order valence-corrected chi connectivity index (χ0v) is 22.3. The summed E-state index contributed by atoms with van der Waals surface area (Å²) in [5, 5.41) is 4.63. The van der Waals surface area contributed by atoms with Crippen molar-refractivity contribution in [2.45, 2.75) is 0 Å². The first-order chi connectivity index (χ1) is 19.3. The van der Waals surface area contributed by atoms with E-state index in [0.29, 0.717) is 45.9 Å². The van der Waals surface area contributed by atoms with Gasteiger partial charge < -0.3 is 24.8 Å². The normalized spacial score (nSPS) is 13.8. The van der Waals surface area contributed by atoms with E-state index in [1.165, 1.54) is 44.6 Å². The second-order valence-corrected chi connectivity index (χ2v) is 9.26. The van der Waals surface area contributed by atoms with Gasteiger partial charge in [-0.25, -0.2) is 4.39 Å². The number of benzene rings is 3. The van der Waals surface area contributed by atoms with Crippen molar-refractivity contribution in [3.8, 4) is 17.2 Å². The van der Waals surface area contributed by atoms with Gasteiger partial charge in [0, 0.05) is 5.69 Å². The van der Waals surface area contributed by atoms with Gasteiger partial charge in [-0.05, 0) is 71.9 Å². The average molecular weight is 566 g/mol. The molecule has 1 aliphatic rings. The van der Waals surface area contributed by atoms with Gasteiger partial charge in [-0.2, -0.15) is 0 Å². The van der Waals surface area contributed by atoms with E-state index in [1.807, 2.05) is 0 Å². The number of para-hydroxylation sites is 2. The molecule has 206 valence electrons. The topological polar surface area (TPSA) is 123 Å². The smallest absolute Gasteiger partial charge is 0.294 e. The van der Waals surface area contributed by atoms with Crippen LogP contribution in [-0.2, 0) is 14.4 Å². The number of thioether (sulfide) groups is 1. The van der Waals surface area contributed by atoms with E-state index >= 15 is 0 Å². The summed E-state index contributed by atoms with van der Waals surface area (Å²) in [5.41, 5.74) is 1.37.